The van der Waals surface area contributed by atoms with Crippen molar-refractivity contribution >= 4 is 44.6 Å². The van der Waals surface area contributed by atoms with Crippen molar-refractivity contribution in [2.45, 2.75) is 22.8 Å². The number of rotatable bonds is 11. The van der Waals surface area contributed by atoms with Crippen molar-refractivity contribution in [1.29, 1.82) is 0 Å². The van der Waals surface area contributed by atoms with E-state index in [0.29, 0.717) is 18.2 Å². The van der Waals surface area contributed by atoms with Gasteiger partial charge in [0.25, 0.3) is 0 Å². The fraction of sp³-hybridized carbons (Fsp3) is 0.400. The van der Waals surface area contributed by atoms with Crippen molar-refractivity contribution in [3.8, 4) is 11.5 Å². The average molecular weight is 498 g/mol. The SMILES string of the molecule is COC[C@H](O)COc1ccc(S(=O)(=O)c2ccc(OC[C@@H](C)CCl)c(Cl)c2)cc1Cl. The van der Waals surface area contributed by atoms with Crippen molar-refractivity contribution in [1.82, 2.24) is 0 Å². The van der Waals surface area contributed by atoms with Crippen molar-refractivity contribution in [2.75, 3.05) is 32.8 Å². The molecule has 0 heterocycles. The third-order valence-corrected chi connectivity index (χ3v) is 6.87. The molecule has 0 saturated heterocycles. The van der Waals surface area contributed by atoms with E-state index in [-0.39, 0.29) is 44.7 Å². The lowest BCUT2D eigenvalue weighted by molar-refractivity contribution is 0.0325. The standard InChI is InChI=1S/C20H23Cl3O6S/c1-13(9-21)10-28-19-5-3-15(7-17(19)22)30(25,26)16-4-6-20(18(23)8-16)29-12-14(24)11-27-2/h3-8,13-14,24H,9-12H2,1-2H3/t13-,14-/m0/s1. The van der Waals surface area contributed by atoms with Gasteiger partial charge in [0.1, 0.15) is 24.2 Å². The molecular weight excluding hydrogens is 475 g/mol. The first-order valence-electron chi connectivity index (χ1n) is 9.01. The first kappa shape index (κ1) is 25.0. The minimum Gasteiger partial charge on any atom is -0.492 e. The molecule has 1 N–H and O–H groups in total. The lowest BCUT2D eigenvalue weighted by Crippen LogP contribution is -2.22. The number of aliphatic hydroxyl groups is 1. The minimum absolute atomic E-state index is 0.00509. The van der Waals surface area contributed by atoms with Crippen LogP contribution in [0.5, 0.6) is 11.5 Å². The van der Waals surface area contributed by atoms with Crippen LogP contribution in [0.4, 0.5) is 0 Å². The Kier molecular flexibility index (Phi) is 9.53. The Morgan fingerprint density at radius 3 is 1.87 bits per heavy atom. The molecule has 0 saturated carbocycles. The number of hydrogen-bond acceptors (Lipinski definition) is 6. The van der Waals surface area contributed by atoms with Gasteiger partial charge in [-0.1, -0.05) is 30.1 Å². The summed E-state index contributed by atoms with van der Waals surface area (Å²) >= 11 is 18.1. The van der Waals surface area contributed by atoms with E-state index in [1.165, 1.54) is 43.5 Å². The summed E-state index contributed by atoms with van der Waals surface area (Å²) in [6.45, 7) is 2.36. The van der Waals surface area contributed by atoms with Crippen LogP contribution in [-0.4, -0.2) is 52.4 Å². The topological polar surface area (TPSA) is 82.1 Å². The predicted molar refractivity (Wildman–Crippen MR) is 117 cm³/mol. The van der Waals surface area contributed by atoms with Gasteiger partial charge in [-0.25, -0.2) is 8.42 Å². The van der Waals surface area contributed by atoms with Gasteiger partial charge in [-0.2, -0.15) is 0 Å². The molecule has 2 atom stereocenters. The van der Waals surface area contributed by atoms with Crippen LogP contribution in [0.2, 0.25) is 10.0 Å². The summed E-state index contributed by atoms with van der Waals surface area (Å²) in [7, 11) is -2.40. The van der Waals surface area contributed by atoms with Crippen LogP contribution < -0.4 is 9.47 Å². The molecule has 6 nitrogen and oxygen atoms in total. The minimum atomic E-state index is -3.86. The fourth-order valence-corrected chi connectivity index (χ4v) is 4.37. The van der Waals surface area contributed by atoms with E-state index in [0.717, 1.165) is 0 Å². The molecule has 0 spiro atoms. The summed E-state index contributed by atoms with van der Waals surface area (Å²) in [6.07, 6.45) is -0.829. The Bertz CT molecular complexity index is 952. The zero-order valence-electron chi connectivity index (χ0n) is 16.5. The molecule has 0 aliphatic heterocycles. The van der Waals surface area contributed by atoms with E-state index in [1.807, 2.05) is 6.92 Å². The summed E-state index contributed by atoms with van der Waals surface area (Å²) in [5.74, 6) is 1.20. The number of aliphatic hydroxyl groups excluding tert-OH is 1. The maximum atomic E-state index is 13.0. The van der Waals surface area contributed by atoms with Gasteiger partial charge >= 0.3 is 0 Å². The molecule has 10 heteroatoms. The lowest BCUT2D eigenvalue weighted by Gasteiger charge is -2.14. The highest BCUT2D eigenvalue weighted by molar-refractivity contribution is 7.91. The number of hydrogen-bond donors (Lipinski definition) is 1. The summed E-state index contributed by atoms with van der Waals surface area (Å²) < 4.78 is 41.7. The molecule has 2 rings (SSSR count). The van der Waals surface area contributed by atoms with E-state index in [1.54, 1.807) is 0 Å². The van der Waals surface area contributed by atoms with Gasteiger partial charge < -0.3 is 19.3 Å². The second kappa shape index (κ2) is 11.4. The van der Waals surface area contributed by atoms with Crippen molar-refractivity contribution in [2.24, 2.45) is 5.92 Å². The molecule has 2 aromatic rings. The second-order valence-electron chi connectivity index (χ2n) is 6.68. The fourth-order valence-electron chi connectivity index (χ4n) is 2.37. The number of ether oxygens (including phenoxy) is 3. The summed E-state index contributed by atoms with van der Waals surface area (Å²) in [4.78, 5) is -0.0109. The lowest BCUT2D eigenvalue weighted by atomic mass is 10.2. The smallest absolute Gasteiger partial charge is 0.206 e. The average Bonchev–Trinajstić information content (AvgIpc) is 2.71. The van der Waals surface area contributed by atoms with Crippen LogP contribution in [0.15, 0.2) is 46.2 Å². The van der Waals surface area contributed by atoms with Gasteiger partial charge in [0.2, 0.25) is 9.84 Å². The zero-order valence-corrected chi connectivity index (χ0v) is 19.6. The van der Waals surface area contributed by atoms with Gasteiger partial charge in [0, 0.05) is 18.9 Å². The summed E-state index contributed by atoms with van der Waals surface area (Å²) in [5, 5.41) is 9.92. The molecule has 0 fully saturated rings. The van der Waals surface area contributed by atoms with E-state index < -0.39 is 15.9 Å². The predicted octanol–water partition coefficient (Wildman–Crippen LogP) is 4.47. The largest absolute Gasteiger partial charge is 0.492 e. The number of halogens is 3. The van der Waals surface area contributed by atoms with Crippen molar-refractivity contribution in [3.05, 3.63) is 46.4 Å². The number of benzene rings is 2. The third kappa shape index (κ3) is 6.64. The quantitative estimate of drug-likeness (QED) is 0.461. The zero-order chi connectivity index (χ0) is 22.3. The van der Waals surface area contributed by atoms with Gasteiger partial charge in [0.05, 0.1) is 33.0 Å². The van der Waals surface area contributed by atoms with E-state index in [2.05, 4.69) is 0 Å². The van der Waals surface area contributed by atoms with Gasteiger partial charge in [-0.15, -0.1) is 11.6 Å². The molecule has 166 valence electrons. The Morgan fingerprint density at radius 2 is 1.43 bits per heavy atom. The highest BCUT2D eigenvalue weighted by Crippen LogP contribution is 2.33. The maximum absolute atomic E-state index is 13.0. The van der Waals surface area contributed by atoms with Gasteiger partial charge in [-0.05, 0) is 36.4 Å². The first-order valence-corrected chi connectivity index (χ1v) is 11.8. The highest BCUT2D eigenvalue weighted by Gasteiger charge is 2.21. The Balaban J connectivity index is 2.18. The van der Waals surface area contributed by atoms with Crippen LogP contribution in [0.3, 0.4) is 0 Å². The van der Waals surface area contributed by atoms with Crippen LogP contribution in [0.1, 0.15) is 6.92 Å². The number of alkyl halides is 1. The summed E-state index contributed by atoms with van der Waals surface area (Å²) in [5.41, 5.74) is 0. The molecular formula is C20H23Cl3O6S. The van der Waals surface area contributed by atoms with Gasteiger partial charge in [0.15, 0.2) is 0 Å². The van der Waals surface area contributed by atoms with Gasteiger partial charge in [-0.3, -0.25) is 0 Å². The van der Waals surface area contributed by atoms with E-state index in [9.17, 15) is 13.5 Å². The molecule has 0 radical (unpaired) electrons. The van der Waals surface area contributed by atoms with E-state index in [4.69, 9.17) is 49.0 Å². The third-order valence-electron chi connectivity index (χ3n) is 4.00. The van der Waals surface area contributed by atoms with Crippen LogP contribution in [-0.2, 0) is 14.6 Å². The molecule has 0 bridgehead atoms. The molecule has 0 unspecified atom stereocenters. The summed E-state index contributed by atoms with van der Waals surface area (Å²) in [6, 6.07) is 8.35. The monoisotopic (exact) mass is 496 g/mol. The van der Waals surface area contributed by atoms with Crippen LogP contribution in [0.25, 0.3) is 0 Å². The van der Waals surface area contributed by atoms with Crippen molar-refractivity contribution < 1.29 is 27.7 Å². The Labute approximate surface area is 191 Å². The number of sulfone groups is 1. The first-order chi connectivity index (χ1) is 14.2. The molecule has 0 aliphatic carbocycles. The Morgan fingerprint density at radius 1 is 0.933 bits per heavy atom. The number of methoxy groups -OCH3 is 1. The molecule has 30 heavy (non-hydrogen) atoms. The Hall–Kier alpha value is -1.22. The molecule has 2 aromatic carbocycles. The second-order valence-corrected chi connectivity index (χ2v) is 9.75. The maximum Gasteiger partial charge on any atom is 0.206 e. The van der Waals surface area contributed by atoms with Crippen molar-refractivity contribution in [3.63, 3.8) is 0 Å². The normalized spacial score (nSPS) is 13.7. The van der Waals surface area contributed by atoms with Crippen LogP contribution >= 0.6 is 34.8 Å². The molecule has 0 aromatic heterocycles. The van der Waals surface area contributed by atoms with E-state index >= 15 is 0 Å². The molecule has 0 amide bonds. The highest BCUT2D eigenvalue weighted by atomic mass is 35.5. The molecule has 0 aliphatic rings. The van der Waals surface area contributed by atoms with Crippen LogP contribution in [0, 0.1) is 5.92 Å².